The SMILES string of the molecule is COc1ccc(CN2CCC3(CC2)CC(CCOCC2CC2)CCO3)cc1C. The van der Waals surface area contributed by atoms with E-state index in [1.807, 2.05) is 0 Å². The molecule has 0 N–H and O–H groups in total. The molecule has 1 spiro atoms. The highest BCUT2D eigenvalue weighted by molar-refractivity contribution is 5.36. The number of ether oxygens (including phenoxy) is 3. The molecule has 0 amide bonds. The lowest BCUT2D eigenvalue weighted by Crippen LogP contribution is -2.49. The molecule has 1 aromatic carbocycles. The third-order valence-corrected chi connectivity index (χ3v) is 6.95. The number of likely N-dealkylation sites (tertiary alicyclic amines) is 1. The van der Waals surface area contributed by atoms with E-state index in [9.17, 15) is 0 Å². The minimum atomic E-state index is 0.131. The standard InChI is InChI=1S/C24H37NO3/c1-19-15-22(5-6-23(19)26-2)17-25-11-9-24(10-12-25)16-20(8-14-28-24)7-13-27-18-21-3-4-21/h5-6,15,20-21H,3-4,7-14,16-18H2,1-2H3. The molecule has 156 valence electrons. The molecule has 0 aromatic heterocycles. The van der Waals surface area contributed by atoms with Crippen molar-refractivity contribution in [1.29, 1.82) is 0 Å². The maximum atomic E-state index is 6.36. The van der Waals surface area contributed by atoms with Crippen LogP contribution in [-0.2, 0) is 16.0 Å². The third kappa shape index (κ3) is 5.28. The summed E-state index contributed by atoms with van der Waals surface area (Å²) < 4.78 is 17.6. The second-order valence-electron chi connectivity index (χ2n) is 9.28. The van der Waals surface area contributed by atoms with Gasteiger partial charge in [-0.05, 0) is 80.9 Å². The number of nitrogens with zero attached hydrogens (tertiary/aromatic N) is 1. The lowest BCUT2D eigenvalue weighted by molar-refractivity contribution is -0.130. The van der Waals surface area contributed by atoms with E-state index >= 15 is 0 Å². The molecule has 0 radical (unpaired) electrons. The van der Waals surface area contributed by atoms with Crippen LogP contribution in [0.15, 0.2) is 18.2 Å². The Morgan fingerprint density at radius 3 is 2.68 bits per heavy atom. The Bertz CT molecular complexity index is 635. The Kier molecular flexibility index (Phi) is 6.59. The minimum absolute atomic E-state index is 0.131. The van der Waals surface area contributed by atoms with Gasteiger partial charge in [0.05, 0.1) is 12.7 Å². The van der Waals surface area contributed by atoms with Crippen LogP contribution in [0, 0.1) is 18.8 Å². The fourth-order valence-corrected chi connectivity index (χ4v) is 4.92. The van der Waals surface area contributed by atoms with Gasteiger partial charge in [0.15, 0.2) is 0 Å². The van der Waals surface area contributed by atoms with Crippen LogP contribution in [0.25, 0.3) is 0 Å². The summed E-state index contributed by atoms with van der Waals surface area (Å²) in [7, 11) is 1.74. The molecule has 2 heterocycles. The van der Waals surface area contributed by atoms with Gasteiger partial charge in [0.1, 0.15) is 5.75 Å². The van der Waals surface area contributed by atoms with E-state index in [0.717, 1.165) is 57.0 Å². The molecule has 4 nitrogen and oxygen atoms in total. The lowest BCUT2D eigenvalue weighted by Gasteiger charge is -2.46. The summed E-state index contributed by atoms with van der Waals surface area (Å²) in [6, 6.07) is 6.55. The van der Waals surface area contributed by atoms with Crippen molar-refractivity contribution in [3.05, 3.63) is 29.3 Å². The molecule has 1 unspecified atom stereocenters. The zero-order chi connectivity index (χ0) is 19.4. The van der Waals surface area contributed by atoms with Gasteiger partial charge in [0.25, 0.3) is 0 Å². The number of aryl methyl sites for hydroxylation is 1. The van der Waals surface area contributed by atoms with Crippen molar-refractivity contribution >= 4 is 0 Å². The Labute approximate surface area is 170 Å². The first kappa shape index (κ1) is 20.2. The van der Waals surface area contributed by atoms with Crippen molar-refractivity contribution in [2.24, 2.45) is 11.8 Å². The van der Waals surface area contributed by atoms with Gasteiger partial charge in [-0.15, -0.1) is 0 Å². The summed E-state index contributed by atoms with van der Waals surface area (Å²) in [6.45, 7) is 8.29. The summed E-state index contributed by atoms with van der Waals surface area (Å²) in [5, 5.41) is 0. The monoisotopic (exact) mass is 387 g/mol. The first-order valence-corrected chi connectivity index (χ1v) is 11.2. The molecule has 1 saturated carbocycles. The first-order chi connectivity index (χ1) is 13.7. The van der Waals surface area contributed by atoms with Crippen LogP contribution in [0.4, 0.5) is 0 Å². The second kappa shape index (κ2) is 9.15. The summed E-state index contributed by atoms with van der Waals surface area (Å²) in [5.74, 6) is 2.63. The lowest BCUT2D eigenvalue weighted by atomic mass is 9.78. The van der Waals surface area contributed by atoms with Gasteiger partial charge in [0, 0.05) is 39.5 Å². The van der Waals surface area contributed by atoms with E-state index in [2.05, 4.69) is 30.0 Å². The van der Waals surface area contributed by atoms with Crippen LogP contribution in [0.2, 0.25) is 0 Å². The minimum Gasteiger partial charge on any atom is -0.496 e. The molecule has 1 aromatic rings. The summed E-state index contributed by atoms with van der Waals surface area (Å²) in [4.78, 5) is 2.58. The summed E-state index contributed by atoms with van der Waals surface area (Å²) in [5.41, 5.74) is 2.73. The third-order valence-electron chi connectivity index (χ3n) is 6.95. The highest BCUT2D eigenvalue weighted by Crippen LogP contribution is 2.39. The van der Waals surface area contributed by atoms with Crippen LogP contribution in [0.5, 0.6) is 5.75 Å². The highest BCUT2D eigenvalue weighted by atomic mass is 16.5. The summed E-state index contributed by atoms with van der Waals surface area (Å²) >= 11 is 0. The van der Waals surface area contributed by atoms with Crippen LogP contribution in [-0.4, -0.2) is 50.5 Å². The maximum absolute atomic E-state index is 6.36. The molecular formula is C24H37NO3. The molecule has 4 heteroatoms. The second-order valence-corrected chi connectivity index (χ2v) is 9.28. The molecule has 2 aliphatic heterocycles. The topological polar surface area (TPSA) is 30.9 Å². The van der Waals surface area contributed by atoms with Gasteiger partial charge in [-0.3, -0.25) is 4.90 Å². The van der Waals surface area contributed by atoms with E-state index in [0.29, 0.717) is 0 Å². The number of piperidine rings is 1. The Hall–Kier alpha value is -1.10. The highest BCUT2D eigenvalue weighted by Gasteiger charge is 2.40. The number of methoxy groups -OCH3 is 1. The molecule has 0 bridgehead atoms. The molecule has 3 aliphatic rings. The Morgan fingerprint density at radius 1 is 1.14 bits per heavy atom. The van der Waals surface area contributed by atoms with Gasteiger partial charge >= 0.3 is 0 Å². The van der Waals surface area contributed by atoms with E-state index in [4.69, 9.17) is 14.2 Å². The number of hydrogen-bond acceptors (Lipinski definition) is 4. The van der Waals surface area contributed by atoms with Crippen LogP contribution in [0.1, 0.15) is 56.1 Å². The van der Waals surface area contributed by atoms with Gasteiger partial charge in [0.2, 0.25) is 0 Å². The number of benzene rings is 1. The van der Waals surface area contributed by atoms with Crippen molar-refractivity contribution in [3.63, 3.8) is 0 Å². The van der Waals surface area contributed by atoms with E-state index in [1.165, 1.54) is 56.1 Å². The predicted molar refractivity (Wildman–Crippen MR) is 112 cm³/mol. The van der Waals surface area contributed by atoms with Gasteiger partial charge < -0.3 is 14.2 Å². The van der Waals surface area contributed by atoms with Crippen molar-refractivity contribution in [2.75, 3.05) is 40.0 Å². The van der Waals surface area contributed by atoms with Crippen molar-refractivity contribution in [3.8, 4) is 5.75 Å². The molecule has 28 heavy (non-hydrogen) atoms. The average Bonchev–Trinajstić information content (AvgIpc) is 3.52. The average molecular weight is 388 g/mol. The fourth-order valence-electron chi connectivity index (χ4n) is 4.92. The number of hydrogen-bond donors (Lipinski definition) is 0. The van der Waals surface area contributed by atoms with Crippen LogP contribution >= 0.6 is 0 Å². The molecule has 4 rings (SSSR count). The molecule has 2 saturated heterocycles. The Morgan fingerprint density at radius 2 is 1.96 bits per heavy atom. The smallest absolute Gasteiger partial charge is 0.121 e. The zero-order valence-electron chi connectivity index (χ0n) is 17.8. The molecule has 1 aliphatic carbocycles. The van der Waals surface area contributed by atoms with Gasteiger partial charge in [-0.2, -0.15) is 0 Å². The number of rotatable bonds is 8. The fraction of sp³-hybridized carbons (Fsp3) is 0.750. The maximum Gasteiger partial charge on any atom is 0.121 e. The van der Waals surface area contributed by atoms with Gasteiger partial charge in [-0.25, -0.2) is 0 Å². The van der Waals surface area contributed by atoms with Crippen LogP contribution in [0.3, 0.4) is 0 Å². The normalized spacial score (nSPS) is 25.1. The first-order valence-electron chi connectivity index (χ1n) is 11.2. The quantitative estimate of drug-likeness (QED) is 0.611. The van der Waals surface area contributed by atoms with Crippen LogP contribution < -0.4 is 4.74 Å². The van der Waals surface area contributed by atoms with Gasteiger partial charge in [-0.1, -0.05) is 12.1 Å². The summed E-state index contributed by atoms with van der Waals surface area (Å²) in [6.07, 6.45) is 8.76. The van der Waals surface area contributed by atoms with E-state index in [-0.39, 0.29) is 5.60 Å². The van der Waals surface area contributed by atoms with Crippen molar-refractivity contribution in [2.45, 2.75) is 64.0 Å². The molecular weight excluding hydrogens is 350 g/mol. The van der Waals surface area contributed by atoms with E-state index < -0.39 is 0 Å². The van der Waals surface area contributed by atoms with Crippen molar-refractivity contribution < 1.29 is 14.2 Å². The van der Waals surface area contributed by atoms with Crippen molar-refractivity contribution in [1.82, 2.24) is 4.90 Å². The zero-order valence-corrected chi connectivity index (χ0v) is 17.8. The molecule has 1 atom stereocenters. The predicted octanol–water partition coefficient (Wildman–Crippen LogP) is 4.58. The van der Waals surface area contributed by atoms with E-state index in [1.54, 1.807) is 7.11 Å². The molecule has 3 fully saturated rings. The largest absolute Gasteiger partial charge is 0.496 e. The Balaban J connectivity index is 1.22.